The average molecular weight is 369 g/mol. The molecule has 0 saturated carbocycles. The number of rotatable bonds is 6. The molecule has 0 unspecified atom stereocenters. The Hall–Kier alpha value is -2.11. The maximum atomic E-state index is 12.3. The summed E-state index contributed by atoms with van der Waals surface area (Å²) in [6, 6.07) is 16.2. The van der Waals surface area contributed by atoms with Gasteiger partial charge in [0, 0.05) is 16.6 Å². The van der Waals surface area contributed by atoms with E-state index in [0.29, 0.717) is 5.75 Å². The number of aromatic nitrogens is 1. The molecule has 0 saturated heterocycles. The van der Waals surface area contributed by atoms with Crippen molar-refractivity contribution in [2.24, 2.45) is 0 Å². The third kappa shape index (κ3) is 4.50. The first-order chi connectivity index (χ1) is 12.2. The lowest BCUT2D eigenvalue weighted by Gasteiger charge is -2.12. The number of carbonyl (C=O) groups excluding carboxylic acids is 1. The molecule has 0 aliphatic carbocycles. The summed E-state index contributed by atoms with van der Waals surface area (Å²) in [5.74, 6) is 0.365. The van der Waals surface area contributed by atoms with Crippen molar-refractivity contribution >= 4 is 34.7 Å². The van der Waals surface area contributed by atoms with Crippen LogP contribution < -0.4 is 5.32 Å². The van der Waals surface area contributed by atoms with Crippen LogP contribution in [-0.2, 0) is 11.2 Å². The summed E-state index contributed by atoms with van der Waals surface area (Å²) in [7, 11) is 0. The number of para-hydroxylation sites is 1. The number of benzene rings is 2. The molecule has 0 bridgehead atoms. The molecule has 128 valence electrons. The van der Waals surface area contributed by atoms with E-state index in [2.05, 4.69) is 23.3 Å². The van der Waals surface area contributed by atoms with Gasteiger partial charge < -0.3 is 5.32 Å². The van der Waals surface area contributed by atoms with Gasteiger partial charge in [-0.25, -0.2) is 4.98 Å². The second-order valence-corrected chi connectivity index (χ2v) is 7.74. The van der Waals surface area contributed by atoms with Gasteiger partial charge in [0.25, 0.3) is 0 Å². The standard InChI is InChI=1S/C20H20N2OS2/c1-3-15-11-7-8-14(2)19(15)22-18(23)13-25-20-21-17(12-24-20)16-9-5-4-6-10-16/h4-12H,3,13H2,1-2H3,(H,22,23). The van der Waals surface area contributed by atoms with Crippen LogP contribution in [0.25, 0.3) is 11.3 Å². The zero-order chi connectivity index (χ0) is 17.6. The van der Waals surface area contributed by atoms with Crippen LogP contribution in [-0.4, -0.2) is 16.6 Å². The highest BCUT2D eigenvalue weighted by Gasteiger charge is 2.11. The molecule has 1 amide bonds. The zero-order valence-corrected chi connectivity index (χ0v) is 15.9. The first-order valence-corrected chi connectivity index (χ1v) is 10.1. The van der Waals surface area contributed by atoms with Crippen LogP contribution in [0.1, 0.15) is 18.1 Å². The molecular formula is C20H20N2OS2. The van der Waals surface area contributed by atoms with E-state index < -0.39 is 0 Å². The van der Waals surface area contributed by atoms with Crippen molar-refractivity contribution in [1.82, 2.24) is 4.98 Å². The van der Waals surface area contributed by atoms with Crippen LogP contribution >= 0.6 is 23.1 Å². The fourth-order valence-electron chi connectivity index (χ4n) is 2.57. The van der Waals surface area contributed by atoms with E-state index >= 15 is 0 Å². The van der Waals surface area contributed by atoms with Crippen LogP contribution in [0.3, 0.4) is 0 Å². The summed E-state index contributed by atoms with van der Waals surface area (Å²) < 4.78 is 0.912. The van der Waals surface area contributed by atoms with Crippen LogP contribution in [0.2, 0.25) is 0 Å². The van der Waals surface area contributed by atoms with Gasteiger partial charge in [-0.15, -0.1) is 11.3 Å². The molecule has 0 radical (unpaired) electrons. The molecular weight excluding hydrogens is 348 g/mol. The maximum Gasteiger partial charge on any atom is 0.234 e. The number of hydrogen-bond acceptors (Lipinski definition) is 4. The summed E-state index contributed by atoms with van der Waals surface area (Å²) in [6.45, 7) is 4.12. The Morgan fingerprint density at radius 3 is 2.72 bits per heavy atom. The maximum absolute atomic E-state index is 12.3. The van der Waals surface area contributed by atoms with Crippen molar-refractivity contribution in [2.45, 2.75) is 24.6 Å². The van der Waals surface area contributed by atoms with E-state index in [0.717, 1.165) is 33.3 Å². The molecule has 3 aromatic rings. The van der Waals surface area contributed by atoms with E-state index in [1.54, 1.807) is 11.3 Å². The Balaban J connectivity index is 1.61. The predicted molar refractivity (Wildman–Crippen MR) is 107 cm³/mol. The Morgan fingerprint density at radius 2 is 1.96 bits per heavy atom. The lowest BCUT2D eigenvalue weighted by Crippen LogP contribution is -2.16. The number of thioether (sulfide) groups is 1. The number of hydrogen-bond donors (Lipinski definition) is 1. The third-order valence-electron chi connectivity index (χ3n) is 3.88. The molecule has 0 aliphatic rings. The molecule has 25 heavy (non-hydrogen) atoms. The summed E-state index contributed by atoms with van der Waals surface area (Å²) in [5.41, 5.74) is 5.26. The van der Waals surface area contributed by atoms with Crippen molar-refractivity contribution in [2.75, 3.05) is 11.1 Å². The van der Waals surface area contributed by atoms with Crippen molar-refractivity contribution in [3.05, 3.63) is 65.0 Å². The van der Waals surface area contributed by atoms with Gasteiger partial charge in [-0.2, -0.15) is 0 Å². The molecule has 0 spiro atoms. The fourth-order valence-corrected chi connectivity index (χ4v) is 4.21. The van der Waals surface area contributed by atoms with Crippen molar-refractivity contribution in [1.29, 1.82) is 0 Å². The quantitative estimate of drug-likeness (QED) is 0.591. The predicted octanol–water partition coefficient (Wildman–Crippen LogP) is 5.41. The molecule has 2 aromatic carbocycles. The van der Waals surface area contributed by atoms with E-state index in [4.69, 9.17) is 0 Å². The molecule has 3 nitrogen and oxygen atoms in total. The van der Waals surface area contributed by atoms with Gasteiger partial charge in [0.1, 0.15) is 0 Å². The number of nitrogens with one attached hydrogen (secondary N) is 1. The van der Waals surface area contributed by atoms with Gasteiger partial charge in [-0.3, -0.25) is 4.79 Å². The minimum atomic E-state index is 0.00506. The van der Waals surface area contributed by atoms with Crippen LogP contribution in [0.4, 0.5) is 5.69 Å². The Labute approximate surface area is 156 Å². The minimum absolute atomic E-state index is 0.00506. The van der Waals surface area contributed by atoms with Crippen molar-refractivity contribution in [3.8, 4) is 11.3 Å². The largest absolute Gasteiger partial charge is 0.325 e. The highest BCUT2D eigenvalue weighted by Crippen LogP contribution is 2.28. The van der Waals surface area contributed by atoms with Crippen molar-refractivity contribution in [3.63, 3.8) is 0 Å². The monoisotopic (exact) mass is 368 g/mol. The highest BCUT2D eigenvalue weighted by atomic mass is 32.2. The summed E-state index contributed by atoms with van der Waals surface area (Å²) in [5, 5.41) is 5.09. The Bertz CT molecular complexity index is 859. The van der Waals surface area contributed by atoms with E-state index in [9.17, 15) is 4.79 Å². The molecule has 0 aliphatic heterocycles. The van der Waals surface area contributed by atoms with Crippen LogP contribution in [0.5, 0.6) is 0 Å². The molecule has 1 heterocycles. The number of anilines is 1. The van der Waals surface area contributed by atoms with E-state index in [1.807, 2.05) is 54.8 Å². The molecule has 1 aromatic heterocycles. The molecule has 5 heteroatoms. The topological polar surface area (TPSA) is 42.0 Å². The summed E-state index contributed by atoms with van der Waals surface area (Å²) in [6.07, 6.45) is 0.900. The summed E-state index contributed by atoms with van der Waals surface area (Å²) >= 11 is 3.05. The highest BCUT2D eigenvalue weighted by molar-refractivity contribution is 8.01. The second kappa shape index (κ2) is 8.32. The number of aryl methyl sites for hydroxylation is 2. The van der Waals surface area contributed by atoms with Gasteiger partial charge in [-0.1, -0.05) is 67.2 Å². The first kappa shape index (κ1) is 17.7. The number of carbonyl (C=O) groups is 1. The smallest absolute Gasteiger partial charge is 0.234 e. The normalized spacial score (nSPS) is 10.6. The Morgan fingerprint density at radius 1 is 1.16 bits per heavy atom. The first-order valence-electron chi connectivity index (χ1n) is 8.19. The molecule has 0 atom stereocenters. The lowest BCUT2D eigenvalue weighted by atomic mass is 10.1. The number of amides is 1. The fraction of sp³-hybridized carbons (Fsp3) is 0.200. The molecule has 0 fully saturated rings. The van der Waals surface area contributed by atoms with Gasteiger partial charge in [-0.05, 0) is 24.5 Å². The lowest BCUT2D eigenvalue weighted by molar-refractivity contribution is -0.113. The molecule has 3 rings (SSSR count). The molecule has 1 N–H and O–H groups in total. The van der Waals surface area contributed by atoms with E-state index in [1.165, 1.54) is 17.3 Å². The minimum Gasteiger partial charge on any atom is -0.325 e. The van der Waals surface area contributed by atoms with Crippen LogP contribution in [0.15, 0.2) is 58.3 Å². The van der Waals surface area contributed by atoms with Crippen molar-refractivity contribution < 1.29 is 4.79 Å². The van der Waals surface area contributed by atoms with E-state index in [-0.39, 0.29) is 5.91 Å². The Kier molecular flexibility index (Phi) is 5.89. The van der Waals surface area contributed by atoms with Crippen LogP contribution in [0, 0.1) is 6.92 Å². The zero-order valence-electron chi connectivity index (χ0n) is 14.3. The van der Waals surface area contributed by atoms with Gasteiger partial charge in [0.15, 0.2) is 4.34 Å². The number of nitrogens with zero attached hydrogens (tertiary/aromatic N) is 1. The average Bonchev–Trinajstić information content (AvgIpc) is 3.11. The number of thiazole rings is 1. The summed E-state index contributed by atoms with van der Waals surface area (Å²) in [4.78, 5) is 16.9. The van der Waals surface area contributed by atoms with Gasteiger partial charge >= 0.3 is 0 Å². The van der Waals surface area contributed by atoms with Gasteiger partial charge in [0.2, 0.25) is 5.91 Å². The van der Waals surface area contributed by atoms with Gasteiger partial charge in [0.05, 0.1) is 11.4 Å². The third-order valence-corrected chi connectivity index (χ3v) is 5.90. The SMILES string of the molecule is CCc1cccc(C)c1NC(=O)CSc1nc(-c2ccccc2)cs1. The second-order valence-electron chi connectivity index (χ2n) is 5.66.